The Hall–Kier alpha value is -3.50. The number of amides is 1. The molecular formula is C26H27F3N6O2. The van der Waals surface area contributed by atoms with Crippen molar-refractivity contribution in [3.63, 3.8) is 0 Å². The first-order chi connectivity index (χ1) is 17.7. The molecule has 1 aromatic carbocycles. The van der Waals surface area contributed by atoms with Gasteiger partial charge in [-0.3, -0.25) is 14.6 Å². The molecule has 1 amide bonds. The average Bonchev–Trinajstić information content (AvgIpc) is 3.64. The van der Waals surface area contributed by atoms with Crippen LogP contribution in [0.15, 0.2) is 24.4 Å². The molecule has 2 fully saturated rings. The normalized spacial score (nSPS) is 22.3. The molecule has 0 spiro atoms. The van der Waals surface area contributed by atoms with Crippen molar-refractivity contribution in [3.05, 3.63) is 47.2 Å². The van der Waals surface area contributed by atoms with Crippen molar-refractivity contribution in [1.82, 2.24) is 24.6 Å². The van der Waals surface area contributed by atoms with Crippen molar-refractivity contribution >= 4 is 28.8 Å². The smallest absolute Gasteiger partial charge is 0.370 e. The van der Waals surface area contributed by atoms with Crippen LogP contribution in [-0.4, -0.2) is 56.5 Å². The number of fused-ring (bicyclic) bond motifs is 2. The predicted molar refractivity (Wildman–Crippen MR) is 129 cm³/mol. The maximum atomic E-state index is 13.4. The third-order valence-corrected chi connectivity index (χ3v) is 7.93. The second-order valence-electron chi connectivity index (χ2n) is 10.4. The number of hydrogen-bond donors (Lipinski definition) is 0. The number of rotatable bonds is 4. The number of pyridine rings is 1. The van der Waals surface area contributed by atoms with Gasteiger partial charge in [-0.1, -0.05) is 19.1 Å². The highest BCUT2D eigenvalue weighted by molar-refractivity contribution is 6.01. The number of alkyl halides is 3. The van der Waals surface area contributed by atoms with E-state index in [0.717, 1.165) is 27.4 Å². The van der Waals surface area contributed by atoms with Gasteiger partial charge in [-0.05, 0) is 42.7 Å². The zero-order valence-corrected chi connectivity index (χ0v) is 20.4. The molecule has 2 aromatic heterocycles. The van der Waals surface area contributed by atoms with Gasteiger partial charge in [-0.15, -0.1) is 10.2 Å². The van der Waals surface area contributed by atoms with E-state index in [1.165, 1.54) is 18.4 Å². The molecule has 0 radical (unpaired) electrons. The molecule has 2 unspecified atom stereocenters. The topological polar surface area (TPSA) is 84.2 Å². The summed E-state index contributed by atoms with van der Waals surface area (Å²) in [5.74, 6) is -0.607. The number of halogens is 3. The minimum absolute atomic E-state index is 0.0137. The van der Waals surface area contributed by atoms with Crippen LogP contribution in [-0.2, 0) is 24.1 Å². The Morgan fingerprint density at radius 2 is 1.92 bits per heavy atom. The number of aromatic nitrogens is 4. The van der Waals surface area contributed by atoms with E-state index >= 15 is 0 Å². The highest BCUT2D eigenvalue weighted by Crippen LogP contribution is 2.42. The van der Waals surface area contributed by atoms with Gasteiger partial charge in [0.1, 0.15) is 0 Å². The first-order valence-electron chi connectivity index (χ1n) is 12.7. The summed E-state index contributed by atoms with van der Waals surface area (Å²) in [6.07, 6.45) is 0.862. The Balaban J connectivity index is 1.20. The minimum Gasteiger partial charge on any atom is -0.370 e. The molecule has 0 N–H and O–H groups in total. The third-order valence-electron chi connectivity index (χ3n) is 7.93. The first-order valence-corrected chi connectivity index (χ1v) is 12.7. The summed E-state index contributed by atoms with van der Waals surface area (Å²) in [4.78, 5) is 33.6. The van der Waals surface area contributed by atoms with Crippen LogP contribution in [0.3, 0.4) is 0 Å². The van der Waals surface area contributed by atoms with Gasteiger partial charge < -0.3 is 14.4 Å². The van der Waals surface area contributed by atoms with Crippen LogP contribution in [0.25, 0.3) is 10.9 Å². The maximum Gasteiger partial charge on any atom is 0.451 e. The van der Waals surface area contributed by atoms with E-state index in [1.54, 1.807) is 11.1 Å². The van der Waals surface area contributed by atoms with Gasteiger partial charge in [-0.25, -0.2) is 0 Å². The van der Waals surface area contributed by atoms with Crippen molar-refractivity contribution in [2.75, 3.05) is 24.5 Å². The summed E-state index contributed by atoms with van der Waals surface area (Å²) in [6.45, 7) is 3.41. The van der Waals surface area contributed by atoms with E-state index < -0.39 is 12.0 Å². The van der Waals surface area contributed by atoms with Crippen LogP contribution < -0.4 is 4.90 Å². The first kappa shape index (κ1) is 23.9. The van der Waals surface area contributed by atoms with Gasteiger partial charge in [0.05, 0.1) is 23.3 Å². The lowest BCUT2D eigenvalue weighted by atomic mass is 9.85. The van der Waals surface area contributed by atoms with Gasteiger partial charge in [0.25, 0.3) is 0 Å². The Kier molecular flexibility index (Phi) is 5.68. The van der Waals surface area contributed by atoms with Crippen LogP contribution in [0.1, 0.15) is 59.7 Å². The van der Waals surface area contributed by atoms with E-state index in [4.69, 9.17) is 0 Å². The quantitative estimate of drug-likeness (QED) is 0.491. The van der Waals surface area contributed by atoms with Gasteiger partial charge in [0, 0.05) is 43.7 Å². The molecule has 4 heterocycles. The predicted octanol–water partition coefficient (Wildman–Crippen LogP) is 4.04. The number of aldehydes is 1. The molecule has 11 heteroatoms. The van der Waals surface area contributed by atoms with E-state index in [2.05, 4.69) is 38.3 Å². The molecule has 2 aliphatic heterocycles. The fourth-order valence-electron chi connectivity index (χ4n) is 5.83. The molecule has 1 aliphatic carbocycles. The summed E-state index contributed by atoms with van der Waals surface area (Å²) >= 11 is 0. The molecule has 1 saturated carbocycles. The minimum atomic E-state index is -4.57. The van der Waals surface area contributed by atoms with Crippen LogP contribution in [0.4, 0.5) is 18.9 Å². The monoisotopic (exact) mass is 512 g/mol. The molecule has 6 rings (SSSR count). The second-order valence-corrected chi connectivity index (χ2v) is 10.4. The molecule has 194 valence electrons. The van der Waals surface area contributed by atoms with Crippen LogP contribution >= 0.6 is 0 Å². The lowest BCUT2D eigenvalue weighted by Crippen LogP contribution is -2.49. The van der Waals surface area contributed by atoms with Crippen LogP contribution in [0, 0.1) is 11.8 Å². The molecule has 8 nitrogen and oxygen atoms in total. The van der Waals surface area contributed by atoms with E-state index in [-0.39, 0.29) is 43.2 Å². The van der Waals surface area contributed by atoms with Gasteiger partial charge in [0.2, 0.25) is 11.7 Å². The number of piperidine rings is 1. The summed E-state index contributed by atoms with van der Waals surface area (Å²) in [5.41, 5.74) is 3.53. The Morgan fingerprint density at radius 1 is 1.11 bits per heavy atom. The molecule has 0 bridgehead atoms. The largest absolute Gasteiger partial charge is 0.451 e. The lowest BCUT2D eigenvalue weighted by molar-refractivity contribution is -0.148. The summed E-state index contributed by atoms with van der Waals surface area (Å²) < 4.78 is 40.5. The van der Waals surface area contributed by atoms with Crippen molar-refractivity contribution in [3.8, 4) is 0 Å². The Labute approximate surface area is 211 Å². The zero-order chi connectivity index (χ0) is 25.9. The average molecular weight is 513 g/mol. The van der Waals surface area contributed by atoms with Crippen molar-refractivity contribution < 1.29 is 22.8 Å². The van der Waals surface area contributed by atoms with Gasteiger partial charge in [-0.2, -0.15) is 13.2 Å². The Morgan fingerprint density at radius 3 is 2.62 bits per heavy atom. The lowest BCUT2D eigenvalue weighted by Gasteiger charge is -2.40. The number of carbonyl (C=O) groups is 2. The fourth-order valence-corrected chi connectivity index (χ4v) is 5.83. The van der Waals surface area contributed by atoms with Crippen LogP contribution in [0.2, 0.25) is 0 Å². The van der Waals surface area contributed by atoms with Gasteiger partial charge in [0.15, 0.2) is 12.1 Å². The zero-order valence-electron chi connectivity index (χ0n) is 20.4. The molecule has 3 aromatic rings. The van der Waals surface area contributed by atoms with Crippen molar-refractivity contribution in [2.45, 2.75) is 51.4 Å². The third kappa shape index (κ3) is 4.23. The number of hydrogen-bond acceptors (Lipinski definition) is 6. The number of nitrogens with zero attached hydrogens (tertiary/aromatic N) is 6. The summed E-state index contributed by atoms with van der Waals surface area (Å²) in [5, 5.41) is 7.93. The van der Waals surface area contributed by atoms with Crippen molar-refractivity contribution in [2.24, 2.45) is 11.8 Å². The number of benzene rings is 1. The molecule has 2 atom stereocenters. The second kappa shape index (κ2) is 8.81. The van der Waals surface area contributed by atoms with Crippen molar-refractivity contribution in [1.29, 1.82) is 0 Å². The molecule has 3 aliphatic rings. The van der Waals surface area contributed by atoms with E-state index in [0.29, 0.717) is 31.0 Å². The summed E-state index contributed by atoms with van der Waals surface area (Å²) in [7, 11) is 0. The molecule has 1 saturated heterocycles. The number of carbonyl (C=O) groups excluding carboxylic acids is 2. The SMILES string of the molecule is CC1CN(c2c(C=O)cnc3cc(C4CC4)ccc23)CCC1C(=O)N1CCn2c(nnc2C(F)(F)F)C1. The highest BCUT2D eigenvalue weighted by Gasteiger charge is 2.41. The fraction of sp³-hybridized carbons (Fsp3) is 0.500. The number of anilines is 1. The van der Waals surface area contributed by atoms with E-state index in [1.807, 2.05) is 6.92 Å². The summed E-state index contributed by atoms with van der Waals surface area (Å²) in [6, 6.07) is 6.29. The van der Waals surface area contributed by atoms with E-state index in [9.17, 15) is 22.8 Å². The Bertz CT molecular complexity index is 1380. The standard InChI is InChI=1S/C26H27F3N6O2/c1-15-12-33(23-18(14-36)11-30-21-10-17(16-2-3-16)4-5-20(21)23)7-6-19(15)24(37)34-8-9-35-22(13-34)31-32-25(35)26(27,28)29/h4-5,10-11,14-16,19H,2-3,6-9,12-13H2,1H3. The molecular weight excluding hydrogens is 485 g/mol. The maximum absolute atomic E-state index is 13.4. The highest BCUT2D eigenvalue weighted by atomic mass is 19.4. The molecule has 37 heavy (non-hydrogen) atoms. The van der Waals surface area contributed by atoms with Gasteiger partial charge >= 0.3 is 6.18 Å². The van der Waals surface area contributed by atoms with Crippen LogP contribution in [0.5, 0.6) is 0 Å².